The van der Waals surface area contributed by atoms with Crippen molar-refractivity contribution >= 4 is 34.8 Å². The molecular weight excluding hydrogens is 458 g/mol. The number of anilines is 4. The zero-order valence-corrected chi connectivity index (χ0v) is 21.4. The van der Waals surface area contributed by atoms with E-state index in [0.717, 1.165) is 24.3 Å². The van der Waals surface area contributed by atoms with Gasteiger partial charge >= 0.3 is 0 Å². The fourth-order valence-corrected chi connectivity index (χ4v) is 4.75. The lowest BCUT2D eigenvalue weighted by atomic mass is 10.0. The minimum absolute atomic E-state index is 0.0355. The van der Waals surface area contributed by atoms with Gasteiger partial charge in [0.05, 0.1) is 18.5 Å². The molecule has 2 amide bonds. The van der Waals surface area contributed by atoms with Crippen LogP contribution in [0, 0.1) is 0 Å². The largest absolute Gasteiger partial charge is 0.495 e. The van der Waals surface area contributed by atoms with Crippen LogP contribution in [-0.4, -0.2) is 61.8 Å². The molecule has 9 heteroatoms. The molecule has 192 valence electrons. The van der Waals surface area contributed by atoms with Gasteiger partial charge in [0.15, 0.2) is 5.82 Å². The first-order valence-corrected chi connectivity index (χ1v) is 12.4. The van der Waals surface area contributed by atoms with Crippen molar-refractivity contribution in [2.75, 3.05) is 42.0 Å². The average Bonchev–Trinajstić information content (AvgIpc) is 2.87. The number of rotatable bonds is 8. The molecule has 2 aromatic rings. The van der Waals surface area contributed by atoms with Crippen molar-refractivity contribution in [1.29, 1.82) is 0 Å². The summed E-state index contributed by atoms with van der Waals surface area (Å²) in [5.41, 5.74) is 1.97. The molecule has 0 aliphatic carbocycles. The standard InChI is InChI=1S/C27H35N5O4/c1-6-13-31-22-9-10-24(29-21-8-7-19(16-23(21)35-5)26(33)28-17(2)3)30-25(22)32(18(4)27(31)34)20-11-14-36-15-12-20/h6-10,16-18,20H,1,11-15H2,2-5H3,(H,28,33)(H,29,30)/t18-/m1/s1. The summed E-state index contributed by atoms with van der Waals surface area (Å²) in [6.45, 7) is 11.3. The Hall–Kier alpha value is -3.59. The highest BCUT2D eigenvalue weighted by Gasteiger charge is 2.40. The summed E-state index contributed by atoms with van der Waals surface area (Å²) < 4.78 is 11.1. The molecule has 0 bridgehead atoms. The maximum Gasteiger partial charge on any atom is 0.251 e. The molecule has 0 radical (unpaired) electrons. The molecule has 1 aromatic heterocycles. The van der Waals surface area contributed by atoms with Crippen LogP contribution in [0.4, 0.5) is 23.0 Å². The number of hydrogen-bond acceptors (Lipinski definition) is 7. The maximum atomic E-state index is 13.3. The zero-order chi connectivity index (χ0) is 25.8. The molecule has 3 heterocycles. The Kier molecular flexibility index (Phi) is 7.79. The number of aromatic nitrogens is 1. The van der Waals surface area contributed by atoms with Crippen LogP contribution < -0.4 is 25.2 Å². The smallest absolute Gasteiger partial charge is 0.251 e. The number of hydrogen-bond donors (Lipinski definition) is 2. The van der Waals surface area contributed by atoms with Crippen molar-refractivity contribution in [2.45, 2.75) is 51.7 Å². The lowest BCUT2D eigenvalue weighted by molar-refractivity contribution is -0.120. The number of nitrogens with one attached hydrogen (secondary N) is 2. The molecule has 0 saturated carbocycles. The van der Waals surface area contributed by atoms with Gasteiger partial charge in [-0.25, -0.2) is 4.98 Å². The molecule has 1 atom stereocenters. The van der Waals surface area contributed by atoms with E-state index in [1.54, 1.807) is 30.2 Å². The monoisotopic (exact) mass is 493 g/mol. The van der Waals surface area contributed by atoms with E-state index >= 15 is 0 Å². The van der Waals surface area contributed by atoms with E-state index in [9.17, 15) is 9.59 Å². The molecule has 36 heavy (non-hydrogen) atoms. The number of carbonyl (C=O) groups is 2. The van der Waals surface area contributed by atoms with Crippen LogP contribution in [0.5, 0.6) is 5.75 Å². The molecule has 2 N–H and O–H groups in total. The van der Waals surface area contributed by atoms with Gasteiger partial charge < -0.3 is 29.9 Å². The van der Waals surface area contributed by atoms with Crippen LogP contribution in [-0.2, 0) is 9.53 Å². The third kappa shape index (κ3) is 5.16. The summed E-state index contributed by atoms with van der Waals surface area (Å²) in [6.07, 6.45) is 3.41. The molecule has 1 saturated heterocycles. The molecule has 1 fully saturated rings. The number of fused-ring (bicyclic) bond motifs is 1. The molecule has 1 aromatic carbocycles. The number of pyridine rings is 1. The van der Waals surface area contributed by atoms with Crippen LogP contribution >= 0.6 is 0 Å². The highest BCUT2D eigenvalue weighted by Crippen LogP contribution is 2.39. The Morgan fingerprint density at radius 3 is 2.69 bits per heavy atom. The number of amides is 2. The van der Waals surface area contributed by atoms with E-state index in [-0.39, 0.29) is 29.9 Å². The van der Waals surface area contributed by atoms with E-state index in [0.29, 0.717) is 42.6 Å². The molecule has 2 aliphatic heterocycles. The molecular formula is C27H35N5O4. The number of carbonyl (C=O) groups excluding carboxylic acids is 2. The van der Waals surface area contributed by atoms with Crippen molar-refractivity contribution in [1.82, 2.24) is 10.3 Å². The van der Waals surface area contributed by atoms with Gasteiger partial charge in [-0.05, 0) is 63.9 Å². The molecule has 0 unspecified atom stereocenters. The minimum Gasteiger partial charge on any atom is -0.495 e. The van der Waals surface area contributed by atoms with Gasteiger partial charge in [0.25, 0.3) is 5.91 Å². The first-order valence-electron chi connectivity index (χ1n) is 12.4. The third-order valence-electron chi connectivity index (χ3n) is 6.47. The van der Waals surface area contributed by atoms with Crippen LogP contribution in [0.15, 0.2) is 43.0 Å². The van der Waals surface area contributed by atoms with E-state index in [2.05, 4.69) is 22.1 Å². The molecule has 0 spiro atoms. The molecule has 4 rings (SSSR count). The Morgan fingerprint density at radius 2 is 2.03 bits per heavy atom. The second-order valence-corrected chi connectivity index (χ2v) is 9.37. The van der Waals surface area contributed by atoms with Gasteiger partial charge in [0, 0.05) is 37.4 Å². The maximum absolute atomic E-state index is 13.3. The van der Waals surface area contributed by atoms with Crippen LogP contribution in [0.1, 0.15) is 44.0 Å². The van der Waals surface area contributed by atoms with Crippen molar-refractivity contribution in [2.24, 2.45) is 0 Å². The predicted octanol–water partition coefficient (Wildman–Crippen LogP) is 3.88. The normalized spacial score (nSPS) is 18.1. The number of benzene rings is 1. The Bertz CT molecular complexity index is 1130. The van der Waals surface area contributed by atoms with Crippen LogP contribution in [0.3, 0.4) is 0 Å². The van der Waals surface area contributed by atoms with Crippen molar-refractivity contribution < 1.29 is 19.1 Å². The summed E-state index contributed by atoms with van der Waals surface area (Å²) >= 11 is 0. The van der Waals surface area contributed by atoms with E-state index in [1.807, 2.05) is 39.0 Å². The van der Waals surface area contributed by atoms with Gasteiger partial charge in [0.1, 0.15) is 17.6 Å². The predicted molar refractivity (Wildman–Crippen MR) is 141 cm³/mol. The number of ether oxygens (including phenoxy) is 2. The van der Waals surface area contributed by atoms with E-state index < -0.39 is 0 Å². The second kappa shape index (κ2) is 11.0. The van der Waals surface area contributed by atoms with Gasteiger partial charge in [0.2, 0.25) is 5.91 Å². The van der Waals surface area contributed by atoms with Gasteiger partial charge in [-0.2, -0.15) is 0 Å². The van der Waals surface area contributed by atoms with E-state index in [4.69, 9.17) is 14.5 Å². The van der Waals surface area contributed by atoms with E-state index in [1.165, 1.54) is 0 Å². The Morgan fingerprint density at radius 1 is 1.28 bits per heavy atom. The van der Waals surface area contributed by atoms with Crippen LogP contribution in [0.2, 0.25) is 0 Å². The molecule has 9 nitrogen and oxygen atoms in total. The number of nitrogens with zero attached hydrogens (tertiary/aromatic N) is 3. The van der Waals surface area contributed by atoms with Crippen molar-refractivity contribution in [3.05, 3.63) is 48.6 Å². The second-order valence-electron chi connectivity index (χ2n) is 9.37. The Balaban J connectivity index is 1.68. The third-order valence-corrected chi connectivity index (χ3v) is 6.47. The highest BCUT2D eigenvalue weighted by molar-refractivity contribution is 6.05. The SMILES string of the molecule is C=CCN1C(=O)[C@@H](C)N(C2CCOCC2)c2nc(Nc3ccc(C(=O)NC(C)C)cc3OC)ccc21. The fourth-order valence-electron chi connectivity index (χ4n) is 4.75. The van der Waals surface area contributed by atoms with Crippen LogP contribution in [0.25, 0.3) is 0 Å². The topological polar surface area (TPSA) is 96.0 Å². The Labute approximate surface area is 212 Å². The highest BCUT2D eigenvalue weighted by atomic mass is 16.5. The lowest BCUT2D eigenvalue weighted by Gasteiger charge is -2.45. The van der Waals surface area contributed by atoms with Crippen molar-refractivity contribution in [3.63, 3.8) is 0 Å². The summed E-state index contributed by atoms with van der Waals surface area (Å²) in [5, 5.41) is 6.23. The quantitative estimate of drug-likeness (QED) is 0.539. The number of methoxy groups -OCH3 is 1. The fraction of sp³-hybridized carbons (Fsp3) is 0.444. The summed E-state index contributed by atoms with van der Waals surface area (Å²) in [5.74, 6) is 1.78. The van der Waals surface area contributed by atoms with Gasteiger partial charge in [-0.15, -0.1) is 6.58 Å². The molecule has 2 aliphatic rings. The van der Waals surface area contributed by atoms with Crippen molar-refractivity contribution in [3.8, 4) is 5.75 Å². The zero-order valence-electron chi connectivity index (χ0n) is 21.4. The summed E-state index contributed by atoms with van der Waals surface area (Å²) in [7, 11) is 1.57. The average molecular weight is 494 g/mol. The lowest BCUT2D eigenvalue weighted by Crippen LogP contribution is -2.57. The first kappa shape index (κ1) is 25.5. The van der Waals surface area contributed by atoms with Gasteiger partial charge in [-0.3, -0.25) is 9.59 Å². The first-order chi connectivity index (χ1) is 17.3. The summed E-state index contributed by atoms with van der Waals surface area (Å²) in [4.78, 5) is 34.5. The minimum atomic E-state index is -0.350. The van der Waals surface area contributed by atoms with Gasteiger partial charge in [-0.1, -0.05) is 6.08 Å². The summed E-state index contributed by atoms with van der Waals surface area (Å²) in [6, 6.07) is 8.88.